The number of benzene rings is 2. The van der Waals surface area contributed by atoms with Crippen molar-refractivity contribution >= 4 is 17.3 Å². The predicted molar refractivity (Wildman–Crippen MR) is 86.4 cm³/mol. The summed E-state index contributed by atoms with van der Waals surface area (Å²) in [5, 5.41) is 0. The zero-order chi connectivity index (χ0) is 14.8. The maximum Gasteiger partial charge on any atom is 0.231 e. The highest BCUT2D eigenvalue weighted by atomic mass is 16.2. The molecule has 0 bridgehead atoms. The van der Waals surface area contributed by atoms with Crippen LogP contribution in [0.5, 0.6) is 0 Å². The molecule has 0 radical (unpaired) electrons. The van der Waals surface area contributed by atoms with E-state index in [1.54, 1.807) is 0 Å². The van der Waals surface area contributed by atoms with Crippen molar-refractivity contribution in [3.63, 3.8) is 0 Å². The number of aryl methyl sites for hydroxylation is 1. The number of rotatable bonds is 2. The quantitative estimate of drug-likeness (QED) is 0.859. The summed E-state index contributed by atoms with van der Waals surface area (Å²) >= 11 is 0. The van der Waals surface area contributed by atoms with E-state index in [1.807, 2.05) is 54.3 Å². The van der Waals surface area contributed by atoms with Crippen molar-refractivity contribution in [2.24, 2.45) is 0 Å². The highest BCUT2D eigenvalue weighted by Gasteiger charge is 2.23. The molecule has 1 aliphatic heterocycles. The Balaban J connectivity index is 1.87. The van der Waals surface area contributed by atoms with Crippen LogP contribution < -0.4 is 10.6 Å². The molecular weight excluding hydrogens is 260 g/mol. The van der Waals surface area contributed by atoms with E-state index in [1.165, 1.54) is 0 Å². The third kappa shape index (κ3) is 2.64. The van der Waals surface area contributed by atoms with Crippen LogP contribution in [0.4, 0.5) is 11.4 Å². The van der Waals surface area contributed by atoms with Gasteiger partial charge >= 0.3 is 0 Å². The fourth-order valence-electron chi connectivity index (χ4n) is 2.98. The monoisotopic (exact) mass is 280 g/mol. The second kappa shape index (κ2) is 5.60. The van der Waals surface area contributed by atoms with Crippen molar-refractivity contribution in [2.75, 3.05) is 17.2 Å². The summed E-state index contributed by atoms with van der Waals surface area (Å²) < 4.78 is 0. The molecule has 0 unspecified atom stereocenters. The number of carbonyl (C=O) groups is 1. The van der Waals surface area contributed by atoms with E-state index in [2.05, 4.69) is 0 Å². The summed E-state index contributed by atoms with van der Waals surface area (Å²) in [6, 6.07) is 13.9. The lowest BCUT2D eigenvalue weighted by Gasteiger charge is -2.30. The first kappa shape index (κ1) is 13.7. The first-order valence-corrected chi connectivity index (χ1v) is 7.39. The number of amides is 1. The Morgan fingerprint density at radius 3 is 2.81 bits per heavy atom. The smallest absolute Gasteiger partial charge is 0.231 e. The van der Waals surface area contributed by atoms with Crippen LogP contribution in [0.25, 0.3) is 0 Å². The third-order valence-electron chi connectivity index (χ3n) is 4.19. The lowest BCUT2D eigenvalue weighted by atomic mass is 9.98. The Hall–Kier alpha value is -2.29. The Bertz CT molecular complexity index is 679. The molecular formula is C18H20N2O. The molecule has 1 amide bonds. The molecule has 21 heavy (non-hydrogen) atoms. The van der Waals surface area contributed by atoms with Gasteiger partial charge in [-0.05, 0) is 48.6 Å². The number of anilines is 2. The minimum atomic E-state index is 0.149. The van der Waals surface area contributed by atoms with Crippen LogP contribution in [0, 0.1) is 6.92 Å². The molecule has 0 fully saturated rings. The van der Waals surface area contributed by atoms with E-state index < -0.39 is 0 Å². The molecule has 108 valence electrons. The van der Waals surface area contributed by atoms with Gasteiger partial charge < -0.3 is 10.6 Å². The van der Waals surface area contributed by atoms with E-state index in [4.69, 9.17) is 5.73 Å². The number of hydrogen-bond donors (Lipinski definition) is 1. The normalized spacial score (nSPS) is 13.9. The van der Waals surface area contributed by atoms with Crippen molar-refractivity contribution in [3.8, 4) is 0 Å². The maximum atomic E-state index is 12.7. The topological polar surface area (TPSA) is 46.3 Å². The fraction of sp³-hybridized carbons (Fsp3) is 0.278. The average Bonchev–Trinajstić information content (AvgIpc) is 2.49. The summed E-state index contributed by atoms with van der Waals surface area (Å²) in [5.74, 6) is 0.149. The molecule has 0 aromatic heterocycles. The molecule has 3 nitrogen and oxygen atoms in total. The number of nitrogens with two attached hydrogens (primary N) is 1. The van der Waals surface area contributed by atoms with Gasteiger partial charge in [0.25, 0.3) is 0 Å². The molecule has 0 saturated carbocycles. The molecule has 3 heteroatoms. The Morgan fingerprint density at radius 1 is 1.19 bits per heavy atom. The van der Waals surface area contributed by atoms with Gasteiger partial charge in [-0.2, -0.15) is 0 Å². The summed E-state index contributed by atoms with van der Waals surface area (Å²) in [6.45, 7) is 2.83. The molecule has 0 spiro atoms. The summed E-state index contributed by atoms with van der Waals surface area (Å²) in [6.07, 6.45) is 2.37. The van der Waals surface area contributed by atoms with Crippen LogP contribution in [-0.4, -0.2) is 12.5 Å². The first-order valence-electron chi connectivity index (χ1n) is 7.39. The van der Waals surface area contributed by atoms with Crippen LogP contribution in [0.2, 0.25) is 0 Å². The molecule has 0 aliphatic carbocycles. The van der Waals surface area contributed by atoms with E-state index in [0.717, 1.165) is 47.5 Å². The molecule has 0 saturated heterocycles. The van der Waals surface area contributed by atoms with Gasteiger partial charge in [0, 0.05) is 17.9 Å². The Kier molecular flexibility index (Phi) is 3.65. The van der Waals surface area contributed by atoms with Gasteiger partial charge in [0.15, 0.2) is 0 Å². The Labute approximate surface area is 125 Å². The van der Waals surface area contributed by atoms with Gasteiger partial charge in [0.05, 0.1) is 6.42 Å². The molecule has 2 aromatic rings. The Morgan fingerprint density at radius 2 is 2.00 bits per heavy atom. The predicted octanol–water partition coefficient (Wildman–Crippen LogP) is 3.10. The number of carbonyl (C=O) groups excluding carboxylic acids is 1. The molecule has 1 heterocycles. The van der Waals surface area contributed by atoms with Crippen molar-refractivity contribution in [2.45, 2.75) is 26.2 Å². The molecule has 2 N–H and O–H groups in total. The molecule has 1 aliphatic rings. The zero-order valence-corrected chi connectivity index (χ0v) is 12.3. The van der Waals surface area contributed by atoms with Crippen molar-refractivity contribution < 1.29 is 4.79 Å². The fourth-order valence-corrected chi connectivity index (χ4v) is 2.98. The zero-order valence-electron chi connectivity index (χ0n) is 12.3. The van der Waals surface area contributed by atoms with Crippen molar-refractivity contribution in [1.82, 2.24) is 0 Å². The molecule has 0 atom stereocenters. The minimum absolute atomic E-state index is 0.149. The summed E-state index contributed by atoms with van der Waals surface area (Å²) in [7, 11) is 0. The van der Waals surface area contributed by atoms with Gasteiger partial charge in [0.1, 0.15) is 0 Å². The lowest BCUT2D eigenvalue weighted by Crippen LogP contribution is -2.36. The van der Waals surface area contributed by atoms with E-state index in [-0.39, 0.29) is 5.91 Å². The first-order chi connectivity index (χ1) is 10.2. The summed E-state index contributed by atoms with van der Waals surface area (Å²) in [5.41, 5.74) is 11.2. The van der Waals surface area contributed by atoms with Gasteiger partial charge in [-0.15, -0.1) is 0 Å². The van der Waals surface area contributed by atoms with Gasteiger partial charge in [0.2, 0.25) is 5.91 Å². The van der Waals surface area contributed by atoms with Gasteiger partial charge in [-0.3, -0.25) is 4.79 Å². The average molecular weight is 280 g/mol. The SMILES string of the molecule is Cc1ccccc1CC(=O)N1CCCc2c(N)cccc21. The van der Waals surface area contributed by atoms with Crippen molar-refractivity contribution in [3.05, 3.63) is 59.2 Å². The van der Waals surface area contributed by atoms with E-state index in [9.17, 15) is 4.79 Å². The minimum Gasteiger partial charge on any atom is -0.398 e. The lowest BCUT2D eigenvalue weighted by molar-refractivity contribution is -0.118. The van der Waals surface area contributed by atoms with Crippen molar-refractivity contribution in [1.29, 1.82) is 0 Å². The summed E-state index contributed by atoms with van der Waals surface area (Å²) in [4.78, 5) is 14.6. The maximum absolute atomic E-state index is 12.7. The highest BCUT2D eigenvalue weighted by molar-refractivity contribution is 5.96. The van der Waals surface area contributed by atoms with Crippen LogP contribution in [0.3, 0.4) is 0 Å². The van der Waals surface area contributed by atoms with Gasteiger partial charge in [-0.25, -0.2) is 0 Å². The molecule has 3 rings (SSSR count). The second-order valence-corrected chi connectivity index (χ2v) is 5.60. The third-order valence-corrected chi connectivity index (χ3v) is 4.19. The molecule has 2 aromatic carbocycles. The van der Waals surface area contributed by atoms with Crippen LogP contribution in [0.1, 0.15) is 23.1 Å². The largest absolute Gasteiger partial charge is 0.398 e. The number of nitrogen functional groups attached to an aromatic ring is 1. The van der Waals surface area contributed by atoms with E-state index >= 15 is 0 Å². The van der Waals surface area contributed by atoms with Crippen LogP contribution in [-0.2, 0) is 17.6 Å². The van der Waals surface area contributed by atoms with Crippen LogP contribution in [0.15, 0.2) is 42.5 Å². The van der Waals surface area contributed by atoms with E-state index in [0.29, 0.717) is 6.42 Å². The number of hydrogen-bond acceptors (Lipinski definition) is 2. The standard InChI is InChI=1S/C18H20N2O/c1-13-6-2-3-7-14(13)12-18(21)20-11-5-8-15-16(19)9-4-10-17(15)20/h2-4,6-7,9-10H,5,8,11-12,19H2,1H3. The second-order valence-electron chi connectivity index (χ2n) is 5.60. The van der Waals surface area contributed by atoms with Crippen LogP contribution >= 0.6 is 0 Å². The number of nitrogens with zero attached hydrogens (tertiary/aromatic N) is 1. The van der Waals surface area contributed by atoms with Gasteiger partial charge in [-0.1, -0.05) is 30.3 Å². The number of fused-ring (bicyclic) bond motifs is 1. The highest BCUT2D eigenvalue weighted by Crippen LogP contribution is 2.31.